The third kappa shape index (κ3) is 4.71. The lowest BCUT2D eigenvalue weighted by molar-refractivity contribution is -0.130. The molecule has 1 aromatic rings. The average Bonchev–Trinajstić information content (AvgIpc) is 2.67. The standard InChI is InChI=1S/C18H27N3O2S/c1-23-16-6-12-20(13-7-16)15-4-10-21(11-5-15)18(22)14-24-17-2-8-19-9-3-17/h2-3,8-9,15-16H,4-7,10-14H2,1H3. The van der Waals surface area contributed by atoms with Gasteiger partial charge in [-0.05, 0) is 37.8 Å². The molecule has 2 aliphatic heterocycles. The predicted molar refractivity (Wildman–Crippen MR) is 96.2 cm³/mol. The highest BCUT2D eigenvalue weighted by atomic mass is 32.2. The quantitative estimate of drug-likeness (QED) is 0.763. The van der Waals surface area contributed by atoms with Gasteiger partial charge in [-0.15, -0.1) is 11.8 Å². The van der Waals surface area contributed by atoms with E-state index in [2.05, 4.69) is 9.88 Å². The second-order valence-electron chi connectivity index (χ2n) is 6.55. The molecule has 6 heteroatoms. The van der Waals surface area contributed by atoms with Gasteiger partial charge in [0.05, 0.1) is 11.9 Å². The summed E-state index contributed by atoms with van der Waals surface area (Å²) in [6.45, 7) is 4.05. The number of thioether (sulfide) groups is 1. The number of pyridine rings is 1. The summed E-state index contributed by atoms with van der Waals surface area (Å²) in [5.41, 5.74) is 0. The number of hydrogen-bond donors (Lipinski definition) is 0. The van der Waals surface area contributed by atoms with Crippen molar-refractivity contribution >= 4 is 17.7 Å². The Labute approximate surface area is 148 Å². The number of ether oxygens (including phenoxy) is 1. The number of carbonyl (C=O) groups excluding carboxylic acids is 1. The van der Waals surface area contributed by atoms with E-state index in [1.165, 1.54) is 0 Å². The normalized spacial score (nSPS) is 21.1. The Kier molecular flexibility index (Phi) is 6.51. The van der Waals surface area contributed by atoms with E-state index in [4.69, 9.17) is 4.74 Å². The molecule has 2 aliphatic rings. The molecule has 2 saturated heterocycles. The molecule has 0 spiro atoms. The predicted octanol–water partition coefficient (Wildman–Crippen LogP) is 2.28. The minimum absolute atomic E-state index is 0.258. The Morgan fingerprint density at radius 1 is 1.17 bits per heavy atom. The van der Waals surface area contributed by atoms with Crippen molar-refractivity contribution in [1.82, 2.24) is 14.8 Å². The second-order valence-corrected chi connectivity index (χ2v) is 7.60. The molecule has 2 fully saturated rings. The van der Waals surface area contributed by atoms with Gasteiger partial charge in [-0.1, -0.05) is 0 Å². The Balaban J connectivity index is 1.39. The average molecular weight is 350 g/mol. The van der Waals surface area contributed by atoms with Crippen molar-refractivity contribution in [2.24, 2.45) is 0 Å². The molecule has 1 amide bonds. The molecule has 132 valence electrons. The van der Waals surface area contributed by atoms with Crippen LogP contribution in [0.25, 0.3) is 0 Å². The molecule has 0 saturated carbocycles. The molecule has 5 nitrogen and oxygen atoms in total. The molecule has 0 atom stereocenters. The first-order chi connectivity index (χ1) is 11.8. The van der Waals surface area contributed by atoms with Crippen molar-refractivity contribution in [3.8, 4) is 0 Å². The lowest BCUT2D eigenvalue weighted by Gasteiger charge is -2.41. The maximum Gasteiger partial charge on any atom is 0.232 e. The molecule has 3 heterocycles. The van der Waals surface area contributed by atoms with Crippen LogP contribution in [0, 0.1) is 0 Å². The van der Waals surface area contributed by atoms with E-state index >= 15 is 0 Å². The summed E-state index contributed by atoms with van der Waals surface area (Å²) in [6.07, 6.45) is 8.45. The Morgan fingerprint density at radius 2 is 1.83 bits per heavy atom. The number of likely N-dealkylation sites (tertiary alicyclic amines) is 2. The molecule has 0 aliphatic carbocycles. The monoisotopic (exact) mass is 349 g/mol. The Morgan fingerprint density at radius 3 is 2.46 bits per heavy atom. The largest absolute Gasteiger partial charge is 0.381 e. The lowest BCUT2D eigenvalue weighted by atomic mass is 9.99. The minimum atomic E-state index is 0.258. The maximum atomic E-state index is 12.4. The molecule has 0 unspecified atom stereocenters. The van der Waals surface area contributed by atoms with Gasteiger partial charge in [-0.25, -0.2) is 0 Å². The van der Waals surface area contributed by atoms with Crippen LogP contribution in [0.2, 0.25) is 0 Å². The van der Waals surface area contributed by atoms with Crippen LogP contribution in [-0.2, 0) is 9.53 Å². The SMILES string of the molecule is COC1CCN(C2CCN(C(=O)CSc3ccncc3)CC2)CC1. The lowest BCUT2D eigenvalue weighted by Crippen LogP contribution is -2.50. The Bertz CT molecular complexity index is 512. The van der Waals surface area contributed by atoms with Gasteiger partial charge in [-0.2, -0.15) is 0 Å². The first-order valence-electron chi connectivity index (χ1n) is 8.83. The van der Waals surface area contributed by atoms with Crippen molar-refractivity contribution in [2.75, 3.05) is 39.0 Å². The van der Waals surface area contributed by atoms with Crippen LogP contribution in [0.15, 0.2) is 29.4 Å². The number of aromatic nitrogens is 1. The molecule has 0 aromatic carbocycles. The van der Waals surface area contributed by atoms with E-state index in [-0.39, 0.29) is 5.91 Å². The van der Waals surface area contributed by atoms with Crippen molar-refractivity contribution in [2.45, 2.75) is 42.7 Å². The maximum absolute atomic E-state index is 12.4. The van der Waals surface area contributed by atoms with E-state index in [0.29, 0.717) is 17.9 Å². The van der Waals surface area contributed by atoms with Gasteiger partial charge in [0.25, 0.3) is 0 Å². The molecule has 1 aromatic heterocycles. The van der Waals surface area contributed by atoms with E-state index in [0.717, 1.165) is 56.8 Å². The minimum Gasteiger partial charge on any atom is -0.381 e. The highest BCUT2D eigenvalue weighted by molar-refractivity contribution is 8.00. The molecular formula is C18H27N3O2S. The van der Waals surface area contributed by atoms with Crippen molar-refractivity contribution in [3.05, 3.63) is 24.5 Å². The van der Waals surface area contributed by atoms with Crippen LogP contribution >= 0.6 is 11.8 Å². The molecular weight excluding hydrogens is 322 g/mol. The third-order valence-corrected chi connectivity index (χ3v) is 6.15. The van der Waals surface area contributed by atoms with Gasteiger partial charge in [-0.3, -0.25) is 9.78 Å². The number of amides is 1. The van der Waals surface area contributed by atoms with Crippen LogP contribution < -0.4 is 0 Å². The highest BCUT2D eigenvalue weighted by Crippen LogP contribution is 2.23. The summed E-state index contributed by atoms with van der Waals surface area (Å²) in [7, 11) is 1.81. The summed E-state index contributed by atoms with van der Waals surface area (Å²) in [5, 5.41) is 0. The van der Waals surface area contributed by atoms with E-state index in [1.54, 1.807) is 24.2 Å². The fourth-order valence-electron chi connectivity index (χ4n) is 3.63. The third-order valence-electron chi connectivity index (χ3n) is 5.16. The van der Waals surface area contributed by atoms with Crippen molar-refractivity contribution < 1.29 is 9.53 Å². The van der Waals surface area contributed by atoms with Crippen LogP contribution in [-0.4, -0.2) is 71.9 Å². The number of hydrogen-bond acceptors (Lipinski definition) is 5. The van der Waals surface area contributed by atoms with Crippen molar-refractivity contribution in [3.63, 3.8) is 0 Å². The smallest absolute Gasteiger partial charge is 0.232 e. The second kappa shape index (κ2) is 8.83. The number of nitrogens with zero attached hydrogens (tertiary/aromatic N) is 3. The van der Waals surface area contributed by atoms with Crippen LogP contribution in [0.1, 0.15) is 25.7 Å². The highest BCUT2D eigenvalue weighted by Gasteiger charge is 2.29. The summed E-state index contributed by atoms with van der Waals surface area (Å²) >= 11 is 1.60. The number of methoxy groups -OCH3 is 1. The molecule has 0 bridgehead atoms. The summed E-state index contributed by atoms with van der Waals surface area (Å²) in [5.74, 6) is 0.779. The van der Waals surface area contributed by atoms with Crippen LogP contribution in [0.4, 0.5) is 0 Å². The Hall–Kier alpha value is -1.11. The van der Waals surface area contributed by atoms with Crippen molar-refractivity contribution in [1.29, 1.82) is 0 Å². The first-order valence-corrected chi connectivity index (χ1v) is 9.82. The zero-order valence-electron chi connectivity index (χ0n) is 14.4. The fraction of sp³-hybridized carbons (Fsp3) is 0.667. The fourth-order valence-corrected chi connectivity index (χ4v) is 4.41. The summed E-state index contributed by atoms with van der Waals surface area (Å²) < 4.78 is 5.45. The van der Waals surface area contributed by atoms with Gasteiger partial charge in [0, 0.05) is 56.6 Å². The zero-order valence-corrected chi connectivity index (χ0v) is 15.2. The van der Waals surface area contributed by atoms with Gasteiger partial charge < -0.3 is 14.5 Å². The molecule has 0 radical (unpaired) electrons. The summed E-state index contributed by atoms with van der Waals surface area (Å²) in [4.78, 5) is 22.1. The number of rotatable bonds is 5. The van der Waals surface area contributed by atoms with Crippen LogP contribution in [0.5, 0.6) is 0 Å². The van der Waals surface area contributed by atoms with Gasteiger partial charge in [0.15, 0.2) is 0 Å². The van der Waals surface area contributed by atoms with Crippen LogP contribution in [0.3, 0.4) is 0 Å². The first kappa shape index (κ1) is 17.7. The molecule has 3 rings (SSSR count). The number of piperidine rings is 2. The topological polar surface area (TPSA) is 45.7 Å². The summed E-state index contributed by atoms with van der Waals surface area (Å²) in [6, 6.07) is 4.54. The van der Waals surface area contributed by atoms with Gasteiger partial charge in [0.2, 0.25) is 5.91 Å². The molecule has 24 heavy (non-hydrogen) atoms. The van der Waals surface area contributed by atoms with E-state index in [9.17, 15) is 4.79 Å². The molecule has 0 N–H and O–H groups in total. The van der Waals surface area contributed by atoms with E-state index < -0.39 is 0 Å². The zero-order chi connectivity index (χ0) is 16.8. The number of carbonyl (C=O) groups is 1. The van der Waals surface area contributed by atoms with E-state index in [1.807, 2.05) is 24.1 Å². The van der Waals surface area contributed by atoms with Gasteiger partial charge >= 0.3 is 0 Å². The van der Waals surface area contributed by atoms with Gasteiger partial charge in [0.1, 0.15) is 0 Å².